The quantitative estimate of drug-likeness (QED) is 0.228. The molecule has 20 heteroatoms. The van der Waals surface area contributed by atoms with Crippen molar-refractivity contribution in [1.82, 2.24) is 0 Å². The molecule has 0 aromatic rings. The topological polar surface area (TPSA) is 26.0 Å². The first-order chi connectivity index (χ1) is 10.8. The van der Waals surface area contributed by atoms with Crippen LogP contribution in [0.15, 0.2) is 0 Å². The van der Waals surface area contributed by atoms with Gasteiger partial charge in [-0.15, -0.1) is 36.4 Å². The summed E-state index contributed by atoms with van der Waals surface area (Å²) < 4.78 is 211. The van der Waals surface area contributed by atoms with Crippen LogP contribution in [0.4, 0.5) is 74.6 Å². The minimum atomic E-state index is -8.61. The molecule has 0 amide bonds. The van der Waals surface area contributed by atoms with Gasteiger partial charge < -0.3 is 0 Å². The molecule has 0 saturated carbocycles. The summed E-state index contributed by atoms with van der Waals surface area (Å²) in [5, 5.41) is 0. The lowest BCUT2D eigenvalue weighted by Crippen LogP contribution is -2.75. The number of alkyl halides is 17. The lowest BCUT2D eigenvalue weighted by molar-refractivity contribution is -0.461. The molecule has 0 unspecified atom stereocenters. The van der Waals surface area contributed by atoms with Crippen LogP contribution >= 0.6 is 36.4 Å². The minimum Gasteiger partial charge on any atom is -0.267 e. The zero-order valence-corrected chi connectivity index (χ0v) is 15.0. The molecule has 1 nitrogen and oxygen atoms in total. The largest absolute Gasteiger partial charge is 0.460 e. The lowest BCUT2D eigenvalue weighted by Gasteiger charge is -2.42. The molecule has 0 aliphatic rings. The van der Waals surface area contributed by atoms with Crippen LogP contribution in [0.5, 0.6) is 0 Å². The average molecular weight is 599 g/mol. The summed E-state index contributed by atoms with van der Waals surface area (Å²) in [5.41, 5.74) is 3.05. The van der Waals surface area contributed by atoms with E-state index in [1.807, 2.05) is 0 Å². The molecule has 0 fully saturated rings. The van der Waals surface area contributed by atoms with Gasteiger partial charge >= 0.3 is 47.8 Å². The summed E-state index contributed by atoms with van der Waals surface area (Å²) in [6, 6.07) is -6.81. The first-order valence-corrected chi connectivity index (χ1v) is 5.25. The maximum atomic E-state index is 12.9. The van der Waals surface area contributed by atoms with E-state index in [0.717, 1.165) is 0 Å². The third-order valence-electron chi connectivity index (χ3n) is 2.75. The highest BCUT2D eigenvalue weighted by atomic mass is 127. The highest BCUT2D eigenvalue weighted by Crippen LogP contribution is 2.63. The van der Waals surface area contributed by atoms with E-state index in [9.17, 15) is 74.6 Å². The van der Waals surface area contributed by atoms with Gasteiger partial charge in [-0.1, -0.05) is 0 Å². The number of hydrogen-bond acceptors (Lipinski definition) is 1. The van der Waals surface area contributed by atoms with Crippen LogP contribution in [0.25, 0.3) is 0 Å². The number of hydrogen-bond donors (Lipinski definition) is 1. The molecule has 0 aliphatic carbocycles. The van der Waals surface area contributed by atoms with Gasteiger partial charge in [0.25, 0.3) is 0 Å². The maximum absolute atomic E-state index is 12.9. The average Bonchev–Trinajstić information content (AvgIpc) is 2.34. The summed E-state index contributed by atoms with van der Waals surface area (Å²) in [6.45, 7) is 0. The smallest absolute Gasteiger partial charge is 0.267 e. The van der Waals surface area contributed by atoms with Gasteiger partial charge in [0, 0.05) is 0 Å². The van der Waals surface area contributed by atoms with Crippen molar-refractivity contribution >= 4 is 36.4 Å². The second kappa shape index (κ2) is 7.80. The van der Waals surface area contributed by atoms with E-state index in [1.165, 1.54) is 0 Å². The first-order valence-electron chi connectivity index (χ1n) is 5.25. The monoisotopic (exact) mass is 599 g/mol. The first kappa shape index (κ1) is 32.5. The van der Waals surface area contributed by atoms with Crippen molar-refractivity contribution < 1.29 is 74.6 Å². The number of nitrogens with two attached hydrogens (primary N) is 1. The van der Waals surface area contributed by atoms with E-state index in [0.29, 0.717) is 0 Å². The number of halogens is 19. The van der Waals surface area contributed by atoms with Crippen molar-refractivity contribution in [3.05, 3.63) is 0 Å². The van der Waals surface area contributed by atoms with Crippen molar-refractivity contribution in [3.63, 3.8) is 0 Å². The molecule has 0 saturated heterocycles. The lowest BCUT2D eigenvalue weighted by atomic mass is 9.90. The molecule has 174 valence electrons. The van der Waals surface area contributed by atoms with E-state index in [1.54, 1.807) is 0 Å². The predicted octanol–water partition coefficient (Wildman–Crippen LogP) is 5.95. The minimum absolute atomic E-state index is 0. The Morgan fingerprint density at radius 1 is 0.357 bits per heavy atom. The van der Waals surface area contributed by atoms with Gasteiger partial charge in [-0.3, -0.25) is 5.73 Å². The molecule has 0 heterocycles. The third kappa shape index (κ3) is 4.02. The molecule has 0 aromatic heterocycles. The second-order valence-electron chi connectivity index (χ2n) is 4.57. The molecule has 2 N–H and O–H groups in total. The van der Waals surface area contributed by atoms with Crippen LogP contribution < -0.4 is 5.73 Å². The molecule has 0 spiro atoms. The molecular formula is C8H4ClF17IN. The molecule has 0 bridgehead atoms. The van der Waals surface area contributed by atoms with Gasteiger partial charge in [0.1, 0.15) is 0 Å². The fourth-order valence-electron chi connectivity index (χ4n) is 1.18. The summed E-state index contributed by atoms with van der Waals surface area (Å²) in [4.78, 5) is 0. The molecule has 0 radical (unpaired) electrons. The molecule has 0 atom stereocenters. The second-order valence-corrected chi connectivity index (χ2v) is 4.57. The SMILES string of the molecule is Cl.I.NC(F)(F)C(F)(F)C(F)(F)C(F)(F)C(F)(F)C(F)(F)C(F)(F)C(F)(F)F. The van der Waals surface area contributed by atoms with Crippen LogP contribution in [-0.4, -0.2) is 47.8 Å². The maximum Gasteiger partial charge on any atom is 0.460 e. The molecule has 0 rings (SSSR count). The van der Waals surface area contributed by atoms with Crippen molar-refractivity contribution in [2.45, 2.75) is 47.8 Å². The Labute approximate surface area is 165 Å². The van der Waals surface area contributed by atoms with Crippen LogP contribution in [0, 0.1) is 0 Å². The van der Waals surface area contributed by atoms with Gasteiger partial charge in [0.05, 0.1) is 0 Å². The zero-order valence-electron chi connectivity index (χ0n) is 11.8. The van der Waals surface area contributed by atoms with Gasteiger partial charge in [-0.05, 0) is 0 Å². The Morgan fingerprint density at radius 3 is 0.714 bits per heavy atom. The van der Waals surface area contributed by atoms with Crippen LogP contribution in [-0.2, 0) is 0 Å². The normalized spacial score (nSPS) is 15.6. The van der Waals surface area contributed by atoms with Crippen molar-refractivity contribution in [2.24, 2.45) is 5.73 Å². The summed E-state index contributed by atoms with van der Waals surface area (Å²) in [6.07, 6.45) is -7.76. The molecule has 0 aliphatic heterocycles. The number of rotatable bonds is 6. The Hall–Kier alpha value is -0.210. The van der Waals surface area contributed by atoms with Crippen molar-refractivity contribution in [3.8, 4) is 0 Å². The summed E-state index contributed by atoms with van der Waals surface area (Å²) in [7, 11) is 0. The zero-order chi connectivity index (χ0) is 22.0. The van der Waals surface area contributed by atoms with E-state index in [2.05, 4.69) is 5.73 Å². The highest BCUT2D eigenvalue weighted by molar-refractivity contribution is 14.0. The van der Waals surface area contributed by atoms with Gasteiger partial charge in [0.15, 0.2) is 0 Å². The Bertz CT molecular complexity index is 486. The fourth-order valence-corrected chi connectivity index (χ4v) is 1.18. The van der Waals surface area contributed by atoms with Gasteiger partial charge in [-0.25, -0.2) is 0 Å². The van der Waals surface area contributed by atoms with E-state index < -0.39 is 47.8 Å². The van der Waals surface area contributed by atoms with Crippen LogP contribution in [0.1, 0.15) is 0 Å². The highest BCUT2D eigenvalue weighted by Gasteiger charge is 2.95. The molecule has 28 heavy (non-hydrogen) atoms. The Kier molecular flexibility index (Phi) is 9.04. The predicted molar refractivity (Wildman–Crippen MR) is 67.5 cm³/mol. The van der Waals surface area contributed by atoms with E-state index in [4.69, 9.17) is 0 Å². The standard InChI is InChI=1S/C8H2F17N.ClH.HI/c9-1(10,3(13,14)5(17,18)7(21,22)23)2(11,12)4(15,16)6(19,20)8(24,25)26;;/h26H2;2*1H. The van der Waals surface area contributed by atoms with Gasteiger partial charge in [0.2, 0.25) is 0 Å². The van der Waals surface area contributed by atoms with E-state index >= 15 is 0 Å². The summed E-state index contributed by atoms with van der Waals surface area (Å²) >= 11 is 0. The Morgan fingerprint density at radius 2 is 0.536 bits per heavy atom. The van der Waals surface area contributed by atoms with E-state index in [-0.39, 0.29) is 36.4 Å². The van der Waals surface area contributed by atoms with Crippen LogP contribution in [0.2, 0.25) is 0 Å². The van der Waals surface area contributed by atoms with Crippen LogP contribution in [0.3, 0.4) is 0 Å². The molecular weight excluding hydrogens is 595 g/mol. The summed E-state index contributed by atoms with van der Waals surface area (Å²) in [5.74, 6) is -49.9. The van der Waals surface area contributed by atoms with Crippen molar-refractivity contribution in [2.75, 3.05) is 0 Å². The van der Waals surface area contributed by atoms with Gasteiger partial charge in [-0.2, -0.15) is 74.6 Å². The fraction of sp³-hybridized carbons (Fsp3) is 1.00. The Balaban J connectivity index is -0.00000312. The third-order valence-corrected chi connectivity index (χ3v) is 2.75. The molecule has 0 aromatic carbocycles. The van der Waals surface area contributed by atoms with Crippen molar-refractivity contribution in [1.29, 1.82) is 0 Å².